The van der Waals surface area contributed by atoms with Crippen LogP contribution in [0.4, 0.5) is 18.9 Å². The summed E-state index contributed by atoms with van der Waals surface area (Å²) in [5.74, 6) is 0. The molecule has 0 spiro atoms. The number of hydrogen-bond donors (Lipinski definition) is 0. The van der Waals surface area contributed by atoms with E-state index in [9.17, 15) is 13.2 Å². The fourth-order valence-corrected chi connectivity index (χ4v) is 2.83. The monoisotopic (exact) mass is 336 g/mol. The maximum atomic E-state index is 13.4. The standard InChI is InChI=1S/C19H23F3N2/c1-23(2)14-13-17(15-9-5-4-6-10-15)24(3)18-12-8-7-11-16(18)19(20,21)22/h4-12,17H,13-14H2,1-3H3. The largest absolute Gasteiger partial charge is 0.418 e. The van der Waals surface area contributed by atoms with Crippen LogP contribution in [0.3, 0.4) is 0 Å². The van der Waals surface area contributed by atoms with Crippen LogP contribution in [0.5, 0.6) is 0 Å². The molecule has 2 aromatic rings. The summed E-state index contributed by atoms with van der Waals surface area (Å²) in [4.78, 5) is 3.78. The highest BCUT2D eigenvalue weighted by Gasteiger charge is 2.35. The van der Waals surface area contributed by atoms with Gasteiger partial charge in [0.05, 0.1) is 11.6 Å². The van der Waals surface area contributed by atoms with Gasteiger partial charge >= 0.3 is 6.18 Å². The fraction of sp³-hybridized carbons (Fsp3) is 0.368. The molecule has 0 aliphatic carbocycles. The molecular formula is C19H23F3N2. The van der Waals surface area contributed by atoms with Gasteiger partial charge in [0.25, 0.3) is 0 Å². The van der Waals surface area contributed by atoms with E-state index in [2.05, 4.69) is 0 Å². The number of benzene rings is 2. The van der Waals surface area contributed by atoms with Crippen LogP contribution in [-0.4, -0.2) is 32.6 Å². The van der Waals surface area contributed by atoms with E-state index in [4.69, 9.17) is 0 Å². The quantitative estimate of drug-likeness (QED) is 0.745. The number of para-hydroxylation sites is 1. The van der Waals surface area contributed by atoms with Gasteiger partial charge in [-0.3, -0.25) is 0 Å². The topological polar surface area (TPSA) is 6.48 Å². The van der Waals surface area contributed by atoms with Gasteiger partial charge in [-0.25, -0.2) is 0 Å². The Morgan fingerprint density at radius 3 is 2.04 bits per heavy atom. The average molecular weight is 336 g/mol. The zero-order chi connectivity index (χ0) is 17.7. The van der Waals surface area contributed by atoms with Crippen LogP contribution in [0.25, 0.3) is 0 Å². The van der Waals surface area contributed by atoms with Crippen molar-refractivity contribution in [3.8, 4) is 0 Å². The lowest BCUT2D eigenvalue weighted by atomic mass is 10.00. The predicted molar refractivity (Wildman–Crippen MR) is 92.2 cm³/mol. The molecule has 0 aromatic heterocycles. The zero-order valence-electron chi connectivity index (χ0n) is 14.2. The first-order chi connectivity index (χ1) is 11.3. The van der Waals surface area contributed by atoms with Crippen molar-refractivity contribution in [3.05, 3.63) is 65.7 Å². The third-order valence-electron chi connectivity index (χ3n) is 4.09. The Labute approximate surface area is 141 Å². The molecule has 0 bridgehead atoms. The van der Waals surface area contributed by atoms with Crippen molar-refractivity contribution < 1.29 is 13.2 Å². The molecule has 5 heteroatoms. The molecule has 1 atom stereocenters. The zero-order valence-corrected chi connectivity index (χ0v) is 14.2. The lowest BCUT2D eigenvalue weighted by Gasteiger charge is -2.33. The summed E-state index contributed by atoms with van der Waals surface area (Å²) in [5.41, 5.74) is 0.620. The molecular weight excluding hydrogens is 313 g/mol. The first kappa shape index (κ1) is 18.3. The number of hydrogen-bond acceptors (Lipinski definition) is 2. The van der Waals surface area contributed by atoms with Gasteiger partial charge in [-0.1, -0.05) is 42.5 Å². The number of halogens is 3. The Balaban J connectivity index is 2.40. The van der Waals surface area contributed by atoms with E-state index in [0.717, 1.165) is 24.6 Å². The Hall–Kier alpha value is -2.01. The molecule has 0 saturated heterocycles. The van der Waals surface area contributed by atoms with Crippen LogP contribution in [-0.2, 0) is 6.18 Å². The van der Waals surface area contributed by atoms with Crippen molar-refractivity contribution in [2.45, 2.75) is 18.6 Å². The molecule has 0 saturated carbocycles. The molecule has 130 valence electrons. The minimum absolute atomic E-state index is 0.128. The molecule has 1 unspecified atom stereocenters. The van der Waals surface area contributed by atoms with E-state index in [-0.39, 0.29) is 11.7 Å². The average Bonchev–Trinajstić information content (AvgIpc) is 2.55. The van der Waals surface area contributed by atoms with Crippen molar-refractivity contribution in [1.29, 1.82) is 0 Å². The molecule has 0 aliphatic rings. The molecule has 0 radical (unpaired) electrons. The smallest absolute Gasteiger partial charge is 0.367 e. The first-order valence-electron chi connectivity index (χ1n) is 7.89. The normalized spacial score (nSPS) is 13.1. The lowest BCUT2D eigenvalue weighted by molar-refractivity contribution is -0.137. The summed E-state index contributed by atoms with van der Waals surface area (Å²) in [6.45, 7) is 0.790. The molecule has 24 heavy (non-hydrogen) atoms. The highest BCUT2D eigenvalue weighted by molar-refractivity contribution is 5.56. The maximum Gasteiger partial charge on any atom is 0.418 e. The molecule has 0 fully saturated rings. The van der Waals surface area contributed by atoms with Crippen LogP contribution in [0.15, 0.2) is 54.6 Å². The van der Waals surface area contributed by atoms with Gasteiger partial charge in [-0.05, 0) is 44.8 Å². The van der Waals surface area contributed by atoms with Gasteiger partial charge < -0.3 is 9.80 Å². The van der Waals surface area contributed by atoms with Gasteiger partial charge in [-0.15, -0.1) is 0 Å². The Morgan fingerprint density at radius 1 is 0.875 bits per heavy atom. The lowest BCUT2D eigenvalue weighted by Crippen LogP contribution is -2.29. The van der Waals surface area contributed by atoms with Crippen LogP contribution in [0.2, 0.25) is 0 Å². The van der Waals surface area contributed by atoms with Gasteiger partial charge in [0.2, 0.25) is 0 Å². The Kier molecular flexibility index (Phi) is 5.89. The summed E-state index contributed by atoms with van der Waals surface area (Å²) in [7, 11) is 5.66. The fourth-order valence-electron chi connectivity index (χ4n) is 2.83. The van der Waals surface area contributed by atoms with Gasteiger partial charge in [0.1, 0.15) is 0 Å². The van der Waals surface area contributed by atoms with Gasteiger partial charge in [-0.2, -0.15) is 13.2 Å². The van der Waals surface area contributed by atoms with Crippen molar-refractivity contribution in [2.24, 2.45) is 0 Å². The minimum Gasteiger partial charge on any atom is -0.367 e. The van der Waals surface area contributed by atoms with Gasteiger partial charge in [0, 0.05) is 12.7 Å². The van der Waals surface area contributed by atoms with Crippen LogP contribution in [0.1, 0.15) is 23.6 Å². The third-order valence-corrected chi connectivity index (χ3v) is 4.09. The van der Waals surface area contributed by atoms with E-state index in [1.807, 2.05) is 49.3 Å². The third kappa shape index (κ3) is 4.51. The Bertz CT molecular complexity index is 639. The summed E-state index contributed by atoms with van der Waals surface area (Å²) >= 11 is 0. The molecule has 2 rings (SSSR count). The summed E-state index contributed by atoms with van der Waals surface area (Å²) < 4.78 is 40.1. The van der Waals surface area contributed by atoms with Gasteiger partial charge in [0.15, 0.2) is 0 Å². The molecule has 2 nitrogen and oxygen atoms in total. The molecule has 0 N–H and O–H groups in total. The van der Waals surface area contributed by atoms with Crippen LogP contribution in [0, 0.1) is 0 Å². The second-order valence-corrected chi connectivity index (χ2v) is 6.14. The van der Waals surface area contributed by atoms with E-state index < -0.39 is 11.7 Å². The molecule has 0 aliphatic heterocycles. The molecule has 2 aromatic carbocycles. The van der Waals surface area contributed by atoms with Crippen molar-refractivity contribution in [1.82, 2.24) is 4.90 Å². The number of rotatable bonds is 6. The summed E-state index contributed by atoms with van der Waals surface area (Å²) in [6.07, 6.45) is -3.63. The van der Waals surface area contributed by atoms with E-state index in [1.54, 1.807) is 18.0 Å². The SMILES string of the molecule is CN(C)CCC(c1ccccc1)N(C)c1ccccc1C(F)(F)F. The number of nitrogens with zero attached hydrogens (tertiary/aromatic N) is 2. The highest BCUT2D eigenvalue weighted by atomic mass is 19.4. The first-order valence-corrected chi connectivity index (χ1v) is 7.89. The van der Waals surface area contributed by atoms with Crippen LogP contribution >= 0.6 is 0 Å². The van der Waals surface area contributed by atoms with E-state index in [1.165, 1.54) is 12.1 Å². The summed E-state index contributed by atoms with van der Waals surface area (Å²) in [5, 5.41) is 0. The maximum absolute atomic E-state index is 13.4. The summed E-state index contributed by atoms with van der Waals surface area (Å²) in [6, 6.07) is 15.3. The second-order valence-electron chi connectivity index (χ2n) is 6.14. The molecule has 0 amide bonds. The minimum atomic E-state index is -4.37. The van der Waals surface area contributed by atoms with Crippen molar-refractivity contribution in [2.75, 3.05) is 32.6 Å². The van der Waals surface area contributed by atoms with Crippen molar-refractivity contribution >= 4 is 5.69 Å². The van der Waals surface area contributed by atoms with Crippen molar-refractivity contribution in [3.63, 3.8) is 0 Å². The van der Waals surface area contributed by atoms with E-state index >= 15 is 0 Å². The number of anilines is 1. The predicted octanol–water partition coefficient (Wildman–Crippen LogP) is 4.83. The highest BCUT2D eigenvalue weighted by Crippen LogP contribution is 2.39. The van der Waals surface area contributed by atoms with E-state index in [0.29, 0.717) is 0 Å². The molecule has 0 heterocycles. The number of alkyl halides is 3. The van der Waals surface area contributed by atoms with Crippen LogP contribution < -0.4 is 4.90 Å². The Morgan fingerprint density at radius 2 is 1.46 bits per heavy atom. The second kappa shape index (κ2) is 7.71.